The fourth-order valence-corrected chi connectivity index (χ4v) is 2.45. The third-order valence-electron chi connectivity index (χ3n) is 3.14. The molecule has 0 radical (unpaired) electrons. The number of carbonyl (C=O) groups is 1. The van der Waals surface area contributed by atoms with Crippen LogP contribution in [0.2, 0.25) is 0 Å². The molecule has 1 heterocycles. The van der Waals surface area contributed by atoms with Crippen LogP contribution in [0.3, 0.4) is 0 Å². The third-order valence-corrected chi connectivity index (χ3v) is 4.09. The molecule has 4 nitrogen and oxygen atoms in total. The molecule has 0 aliphatic heterocycles. The summed E-state index contributed by atoms with van der Waals surface area (Å²) < 4.78 is 39.4. The molecule has 0 saturated carbocycles. The quantitative estimate of drug-likeness (QED) is 0.829. The Labute approximate surface area is 124 Å². The largest absolute Gasteiger partial charge is 0.436 e. The number of likely N-dealkylation sites (N-methyl/N-ethyl adjacent to an activating group) is 1. The Balaban J connectivity index is 3.18. The summed E-state index contributed by atoms with van der Waals surface area (Å²) in [4.78, 5) is 13.8. The van der Waals surface area contributed by atoms with E-state index in [9.17, 15) is 18.0 Å². The molecule has 0 aliphatic rings. The highest BCUT2D eigenvalue weighted by Gasteiger charge is 2.39. The SMILES string of the molecule is CCN(CC)C(=O)[C@H](C)n1nc(C(F)(F)F)c(Br)c1C. The highest BCUT2D eigenvalue weighted by atomic mass is 79.9. The predicted molar refractivity (Wildman–Crippen MR) is 72.3 cm³/mol. The zero-order valence-electron chi connectivity index (χ0n) is 11.8. The van der Waals surface area contributed by atoms with Gasteiger partial charge in [0.15, 0.2) is 5.69 Å². The minimum absolute atomic E-state index is 0.121. The molecule has 20 heavy (non-hydrogen) atoms. The van der Waals surface area contributed by atoms with Crippen LogP contribution < -0.4 is 0 Å². The molecule has 0 spiro atoms. The maximum absolute atomic E-state index is 12.8. The predicted octanol–water partition coefficient (Wildman–Crippen LogP) is 3.40. The lowest BCUT2D eigenvalue weighted by Crippen LogP contribution is -2.36. The van der Waals surface area contributed by atoms with Gasteiger partial charge < -0.3 is 4.90 Å². The first-order valence-corrected chi connectivity index (χ1v) is 7.04. The van der Waals surface area contributed by atoms with E-state index in [1.165, 1.54) is 6.92 Å². The van der Waals surface area contributed by atoms with E-state index in [0.29, 0.717) is 13.1 Å². The van der Waals surface area contributed by atoms with Crippen molar-refractivity contribution in [3.05, 3.63) is 15.9 Å². The smallest absolute Gasteiger partial charge is 0.341 e. The van der Waals surface area contributed by atoms with Gasteiger partial charge in [-0.2, -0.15) is 18.3 Å². The fraction of sp³-hybridized carbons (Fsp3) is 0.667. The normalized spacial score (nSPS) is 13.4. The Kier molecular flexibility index (Phi) is 5.23. The van der Waals surface area contributed by atoms with Gasteiger partial charge >= 0.3 is 6.18 Å². The zero-order chi connectivity index (χ0) is 15.7. The third kappa shape index (κ3) is 3.16. The Hall–Kier alpha value is -1.05. The topological polar surface area (TPSA) is 38.1 Å². The van der Waals surface area contributed by atoms with Crippen molar-refractivity contribution in [3.8, 4) is 0 Å². The lowest BCUT2D eigenvalue weighted by atomic mass is 10.2. The van der Waals surface area contributed by atoms with Crippen molar-refractivity contribution in [1.29, 1.82) is 0 Å². The molecule has 114 valence electrons. The van der Waals surface area contributed by atoms with Crippen LogP contribution in [0.5, 0.6) is 0 Å². The summed E-state index contributed by atoms with van der Waals surface area (Å²) in [7, 11) is 0. The van der Waals surface area contributed by atoms with Crippen molar-refractivity contribution >= 4 is 21.8 Å². The summed E-state index contributed by atoms with van der Waals surface area (Å²) in [6, 6.07) is -0.776. The van der Waals surface area contributed by atoms with Crippen LogP contribution in [0.25, 0.3) is 0 Å². The first kappa shape index (κ1) is 17.0. The lowest BCUT2D eigenvalue weighted by molar-refractivity contribution is -0.143. The average Bonchev–Trinajstić information content (AvgIpc) is 2.66. The average molecular weight is 356 g/mol. The highest BCUT2D eigenvalue weighted by Crippen LogP contribution is 2.36. The number of hydrogen-bond donors (Lipinski definition) is 0. The summed E-state index contributed by atoms with van der Waals surface area (Å²) in [5.41, 5.74) is -0.723. The van der Waals surface area contributed by atoms with Crippen LogP contribution in [-0.2, 0) is 11.0 Å². The van der Waals surface area contributed by atoms with Crippen molar-refractivity contribution in [1.82, 2.24) is 14.7 Å². The second kappa shape index (κ2) is 6.15. The van der Waals surface area contributed by atoms with Crippen LogP contribution in [0.4, 0.5) is 13.2 Å². The maximum atomic E-state index is 12.8. The standard InChI is InChI=1S/C12H17BrF3N3O/c1-5-18(6-2)11(20)8(4)19-7(3)9(13)10(17-19)12(14,15)16/h8H,5-6H2,1-4H3/t8-/m0/s1. The number of alkyl halides is 3. The van der Waals surface area contributed by atoms with Gasteiger partial charge in [0.1, 0.15) is 6.04 Å². The molecule has 1 aromatic rings. The number of carbonyl (C=O) groups excluding carboxylic acids is 1. The van der Waals surface area contributed by atoms with Gasteiger partial charge in [-0.25, -0.2) is 0 Å². The Morgan fingerprint density at radius 3 is 2.25 bits per heavy atom. The first-order chi connectivity index (χ1) is 9.15. The molecule has 1 rings (SSSR count). The van der Waals surface area contributed by atoms with Gasteiger partial charge in [-0.05, 0) is 43.6 Å². The fourth-order valence-electron chi connectivity index (χ4n) is 1.96. The molecule has 1 atom stereocenters. The first-order valence-electron chi connectivity index (χ1n) is 6.25. The van der Waals surface area contributed by atoms with Gasteiger partial charge in [-0.1, -0.05) is 0 Å². The van der Waals surface area contributed by atoms with Crippen LogP contribution in [0.15, 0.2) is 4.47 Å². The molecule has 0 N–H and O–H groups in total. The molecular formula is C12H17BrF3N3O. The molecule has 0 saturated heterocycles. The highest BCUT2D eigenvalue weighted by molar-refractivity contribution is 9.10. The summed E-state index contributed by atoms with van der Waals surface area (Å²) in [5, 5.41) is 3.55. The number of hydrogen-bond acceptors (Lipinski definition) is 2. The van der Waals surface area contributed by atoms with Gasteiger partial charge in [0.05, 0.1) is 10.2 Å². The Morgan fingerprint density at radius 1 is 1.40 bits per heavy atom. The van der Waals surface area contributed by atoms with Gasteiger partial charge in [-0.15, -0.1) is 0 Å². The van der Waals surface area contributed by atoms with Crippen molar-refractivity contribution in [3.63, 3.8) is 0 Å². The van der Waals surface area contributed by atoms with E-state index in [4.69, 9.17) is 0 Å². The van der Waals surface area contributed by atoms with E-state index < -0.39 is 17.9 Å². The maximum Gasteiger partial charge on any atom is 0.436 e. The molecule has 1 amide bonds. The lowest BCUT2D eigenvalue weighted by Gasteiger charge is -2.23. The molecule has 1 aromatic heterocycles. The minimum atomic E-state index is -4.55. The molecule has 0 fully saturated rings. The second-order valence-electron chi connectivity index (χ2n) is 4.38. The van der Waals surface area contributed by atoms with Crippen LogP contribution in [0.1, 0.15) is 38.2 Å². The van der Waals surface area contributed by atoms with Crippen LogP contribution in [0, 0.1) is 6.92 Å². The number of nitrogens with zero attached hydrogens (tertiary/aromatic N) is 3. The molecule has 0 aliphatic carbocycles. The van der Waals surface area contributed by atoms with Crippen molar-refractivity contribution in [2.45, 2.75) is 39.9 Å². The molecule has 8 heteroatoms. The summed E-state index contributed by atoms with van der Waals surface area (Å²) in [5.74, 6) is -0.248. The van der Waals surface area contributed by atoms with Gasteiger partial charge in [-0.3, -0.25) is 9.48 Å². The second-order valence-corrected chi connectivity index (χ2v) is 5.17. The van der Waals surface area contributed by atoms with E-state index in [1.54, 1.807) is 11.8 Å². The molecule has 0 bridgehead atoms. The Bertz CT molecular complexity index is 495. The molecule has 0 aromatic carbocycles. The van der Waals surface area contributed by atoms with Gasteiger partial charge in [0.25, 0.3) is 0 Å². The van der Waals surface area contributed by atoms with Crippen molar-refractivity contribution in [2.24, 2.45) is 0 Å². The summed E-state index contributed by atoms with van der Waals surface area (Å²) in [6.45, 7) is 7.70. The van der Waals surface area contributed by atoms with Gasteiger partial charge in [0, 0.05) is 13.1 Å². The number of aromatic nitrogens is 2. The van der Waals surface area contributed by atoms with Gasteiger partial charge in [0.2, 0.25) is 5.91 Å². The molecular weight excluding hydrogens is 339 g/mol. The summed E-state index contributed by atoms with van der Waals surface area (Å²) >= 11 is 2.90. The van der Waals surface area contributed by atoms with Crippen molar-refractivity contribution in [2.75, 3.05) is 13.1 Å². The van der Waals surface area contributed by atoms with Crippen LogP contribution >= 0.6 is 15.9 Å². The van der Waals surface area contributed by atoms with Crippen LogP contribution in [-0.4, -0.2) is 33.7 Å². The van der Waals surface area contributed by atoms with E-state index in [0.717, 1.165) is 4.68 Å². The summed E-state index contributed by atoms with van der Waals surface area (Å²) in [6.07, 6.45) is -4.55. The van der Waals surface area contributed by atoms with E-state index in [-0.39, 0.29) is 16.1 Å². The van der Waals surface area contributed by atoms with E-state index in [2.05, 4.69) is 21.0 Å². The van der Waals surface area contributed by atoms with E-state index in [1.807, 2.05) is 13.8 Å². The number of halogens is 4. The van der Waals surface area contributed by atoms with E-state index >= 15 is 0 Å². The monoisotopic (exact) mass is 355 g/mol. The minimum Gasteiger partial charge on any atom is -0.341 e. The number of rotatable bonds is 4. The van der Waals surface area contributed by atoms with Crippen molar-refractivity contribution < 1.29 is 18.0 Å². The number of amides is 1. The zero-order valence-corrected chi connectivity index (χ0v) is 13.3. The Morgan fingerprint density at radius 2 is 1.90 bits per heavy atom. The molecule has 0 unspecified atom stereocenters.